The predicted octanol–water partition coefficient (Wildman–Crippen LogP) is 7.21. The minimum atomic E-state index is -0.961. The molecule has 7 rings (SSSR count). The first-order valence-electron chi connectivity index (χ1n) is 15.8. The monoisotopic (exact) mass is 661 g/mol. The maximum absolute atomic E-state index is 14.4. The Hall–Kier alpha value is -3.86. The quantitative estimate of drug-likeness (QED) is 0.165. The molecule has 2 aliphatic heterocycles. The Morgan fingerprint density at radius 1 is 1.20 bits per heavy atom. The lowest BCUT2D eigenvalue weighted by Crippen LogP contribution is -2.38. The van der Waals surface area contributed by atoms with E-state index in [4.69, 9.17) is 28.3 Å². The van der Waals surface area contributed by atoms with Crippen LogP contribution in [0.2, 0.25) is 10.0 Å². The van der Waals surface area contributed by atoms with Crippen molar-refractivity contribution < 1.29 is 4.39 Å². The van der Waals surface area contributed by atoms with Crippen molar-refractivity contribution in [3.05, 3.63) is 89.0 Å². The van der Waals surface area contributed by atoms with E-state index in [0.29, 0.717) is 38.3 Å². The van der Waals surface area contributed by atoms with Gasteiger partial charge in [0.05, 0.1) is 28.6 Å². The van der Waals surface area contributed by atoms with Crippen molar-refractivity contribution in [2.45, 2.75) is 44.9 Å². The molecule has 2 aliphatic rings. The normalized spacial score (nSPS) is 17.8. The molecule has 5 aromatic rings. The average molecular weight is 663 g/mol. The number of benzene rings is 2. The summed E-state index contributed by atoms with van der Waals surface area (Å²) in [5.41, 5.74) is 5.51. The van der Waals surface area contributed by atoms with Crippen LogP contribution in [0.1, 0.15) is 37.2 Å². The SMILES string of the molecule is C=C(Nc1ncc[nH]1)C(c1ncn2c1C[C@@H](F)C2)n1cc2c(Cl)cc(-c3ccc(N(C)CCN4CCC(C)CC4)cc3)c(Cl)c2n1. The molecular weight excluding hydrogens is 624 g/mol. The smallest absolute Gasteiger partial charge is 0.204 e. The number of aromatic nitrogens is 6. The number of anilines is 2. The van der Waals surface area contributed by atoms with E-state index in [1.54, 1.807) is 23.4 Å². The fourth-order valence-electron chi connectivity index (χ4n) is 6.59. The van der Waals surface area contributed by atoms with Crippen LogP contribution < -0.4 is 10.2 Å². The van der Waals surface area contributed by atoms with Gasteiger partial charge in [0.25, 0.3) is 0 Å². The van der Waals surface area contributed by atoms with E-state index in [1.165, 1.54) is 25.9 Å². The lowest BCUT2D eigenvalue weighted by atomic mass is 9.99. The van der Waals surface area contributed by atoms with Gasteiger partial charge in [-0.1, -0.05) is 48.8 Å². The van der Waals surface area contributed by atoms with E-state index in [-0.39, 0.29) is 13.0 Å². The molecular formula is C34H38Cl2FN9. The number of nitrogens with zero attached hydrogens (tertiary/aromatic N) is 7. The summed E-state index contributed by atoms with van der Waals surface area (Å²) in [4.78, 5) is 16.8. The Bertz CT molecular complexity index is 1840. The van der Waals surface area contributed by atoms with Gasteiger partial charge in [-0.3, -0.25) is 4.68 Å². The fraction of sp³-hybridized carbons (Fsp3) is 0.382. The lowest BCUT2D eigenvalue weighted by Gasteiger charge is -2.32. The summed E-state index contributed by atoms with van der Waals surface area (Å²) in [6, 6.07) is 9.72. The van der Waals surface area contributed by atoms with Gasteiger partial charge in [-0.15, -0.1) is 0 Å². The number of likely N-dealkylation sites (tertiary alicyclic amines) is 1. The van der Waals surface area contributed by atoms with Crippen LogP contribution in [0.25, 0.3) is 22.0 Å². The Morgan fingerprint density at radius 3 is 2.72 bits per heavy atom. The number of likely N-dealkylation sites (N-methyl/N-ethyl adjacent to an activating group) is 1. The molecule has 2 aromatic carbocycles. The third kappa shape index (κ3) is 6.01. The van der Waals surface area contributed by atoms with Gasteiger partial charge in [0, 0.05) is 73.2 Å². The summed E-state index contributed by atoms with van der Waals surface area (Å²) in [5.74, 6) is 1.36. The molecule has 1 saturated heterocycles. The van der Waals surface area contributed by atoms with Crippen LogP contribution in [-0.2, 0) is 13.0 Å². The highest BCUT2D eigenvalue weighted by Gasteiger charge is 2.32. The number of hydrogen-bond acceptors (Lipinski definition) is 6. The third-order valence-electron chi connectivity index (χ3n) is 9.37. The standard InChI is InChI=1S/C34H38Cl2FN9/c1-21-8-12-44(13-9-21)15-14-43(3)25-6-4-23(5-7-25)26-17-28(35)27-19-46(42-31(27)30(26)36)33(22(2)41-34-38-10-11-39-34)32-29-16-24(37)18-45(29)20-40-32/h4-7,10-11,17,19-21,24,33H,2,8-9,12-16,18H2,1,3H3,(H2,38,39,41)/t24-,33?/m1/s1. The van der Waals surface area contributed by atoms with Gasteiger partial charge >= 0.3 is 0 Å². The Balaban J connectivity index is 1.17. The topological polar surface area (TPSA) is 82.8 Å². The number of hydrogen-bond donors (Lipinski definition) is 2. The number of halogens is 3. The average Bonchev–Trinajstić information content (AvgIpc) is 3.86. The zero-order valence-corrected chi connectivity index (χ0v) is 27.6. The molecule has 0 aliphatic carbocycles. The van der Waals surface area contributed by atoms with E-state index in [2.05, 4.69) is 74.9 Å². The Morgan fingerprint density at radius 2 is 1.98 bits per heavy atom. The van der Waals surface area contributed by atoms with E-state index < -0.39 is 12.2 Å². The first-order valence-corrected chi connectivity index (χ1v) is 16.5. The predicted molar refractivity (Wildman–Crippen MR) is 184 cm³/mol. The van der Waals surface area contributed by atoms with Crippen LogP contribution in [0.15, 0.2) is 67.5 Å². The molecule has 46 heavy (non-hydrogen) atoms. The molecule has 3 aromatic heterocycles. The number of rotatable bonds is 10. The fourth-order valence-corrected chi connectivity index (χ4v) is 7.14. The van der Waals surface area contributed by atoms with Gasteiger partial charge in [-0.25, -0.2) is 14.4 Å². The maximum Gasteiger partial charge on any atom is 0.204 e. The Labute approximate surface area is 278 Å². The molecule has 1 unspecified atom stereocenters. The molecule has 0 bridgehead atoms. The summed E-state index contributed by atoms with van der Waals surface area (Å²) in [7, 11) is 2.14. The number of imidazole rings is 2. The van der Waals surface area contributed by atoms with Gasteiger partial charge in [-0.05, 0) is 55.6 Å². The second kappa shape index (κ2) is 12.7. The van der Waals surface area contributed by atoms with Crippen molar-refractivity contribution in [1.82, 2.24) is 34.2 Å². The second-order valence-electron chi connectivity index (χ2n) is 12.6. The molecule has 240 valence electrons. The van der Waals surface area contributed by atoms with Crippen molar-refractivity contribution in [2.75, 3.05) is 43.4 Å². The largest absolute Gasteiger partial charge is 0.373 e. The van der Waals surface area contributed by atoms with Crippen LogP contribution in [-0.4, -0.2) is 73.6 Å². The van der Waals surface area contributed by atoms with Crippen molar-refractivity contribution in [3.8, 4) is 11.1 Å². The molecule has 0 amide bonds. The number of piperidine rings is 1. The minimum absolute atomic E-state index is 0.273. The Kier molecular flexibility index (Phi) is 8.52. The van der Waals surface area contributed by atoms with E-state index in [9.17, 15) is 4.39 Å². The first-order chi connectivity index (χ1) is 22.2. The van der Waals surface area contributed by atoms with E-state index in [0.717, 1.165) is 41.5 Å². The zero-order valence-electron chi connectivity index (χ0n) is 26.1. The number of H-pyrrole nitrogens is 1. The molecule has 0 radical (unpaired) electrons. The minimum Gasteiger partial charge on any atom is -0.373 e. The molecule has 2 N–H and O–H groups in total. The molecule has 12 heteroatoms. The van der Waals surface area contributed by atoms with Crippen molar-refractivity contribution in [1.29, 1.82) is 0 Å². The molecule has 5 heterocycles. The van der Waals surface area contributed by atoms with Gasteiger partial charge < -0.3 is 24.7 Å². The third-order valence-corrected chi connectivity index (χ3v) is 10.1. The van der Waals surface area contributed by atoms with E-state index >= 15 is 0 Å². The highest BCUT2D eigenvalue weighted by atomic mass is 35.5. The van der Waals surface area contributed by atoms with Crippen molar-refractivity contribution in [2.24, 2.45) is 5.92 Å². The van der Waals surface area contributed by atoms with Crippen LogP contribution in [0.5, 0.6) is 0 Å². The molecule has 0 saturated carbocycles. The van der Waals surface area contributed by atoms with Gasteiger partial charge in [0.2, 0.25) is 5.95 Å². The summed E-state index contributed by atoms with van der Waals surface area (Å²) in [6.45, 7) is 11.3. The van der Waals surface area contributed by atoms with Crippen LogP contribution in [0.4, 0.5) is 16.0 Å². The summed E-state index contributed by atoms with van der Waals surface area (Å²) in [5, 5.41) is 9.90. The van der Waals surface area contributed by atoms with Crippen molar-refractivity contribution >= 4 is 45.7 Å². The van der Waals surface area contributed by atoms with Gasteiger partial charge in [0.15, 0.2) is 0 Å². The van der Waals surface area contributed by atoms with Crippen LogP contribution in [0, 0.1) is 5.92 Å². The van der Waals surface area contributed by atoms with Crippen LogP contribution >= 0.6 is 23.2 Å². The zero-order chi connectivity index (χ0) is 31.9. The van der Waals surface area contributed by atoms with E-state index in [1.807, 2.05) is 16.8 Å². The summed E-state index contributed by atoms with van der Waals surface area (Å²) in [6.07, 6.45) is 8.77. The number of nitrogens with one attached hydrogen (secondary N) is 2. The highest BCUT2D eigenvalue weighted by Crippen LogP contribution is 2.40. The molecule has 1 fully saturated rings. The van der Waals surface area contributed by atoms with Gasteiger partial charge in [-0.2, -0.15) is 5.10 Å². The van der Waals surface area contributed by atoms with Crippen LogP contribution in [0.3, 0.4) is 0 Å². The highest BCUT2D eigenvalue weighted by molar-refractivity contribution is 6.42. The van der Waals surface area contributed by atoms with Gasteiger partial charge in [0.1, 0.15) is 17.7 Å². The molecule has 9 nitrogen and oxygen atoms in total. The van der Waals surface area contributed by atoms with Crippen molar-refractivity contribution in [3.63, 3.8) is 0 Å². The summed E-state index contributed by atoms with van der Waals surface area (Å²) < 4.78 is 18.0. The summed E-state index contributed by atoms with van der Waals surface area (Å²) >= 11 is 14.0. The second-order valence-corrected chi connectivity index (χ2v) is 13.4. The number of allylic oxidation sites excluding steroid dienone is 1. The number of fused-ring (bicyclic) bond motifs is 2. The molecule has 2 atom stereocenters. The first kappa shape index (κ1) is 30.8. The lowest BCUT2D eigenvalue weighted by molar-refractivity contribution is 0.196. The number of alkyl halides is 1. The number of aromatic amines is 1. The maximum atomic E-state index is 14.4. The molecule has 0 spiro atoms.